The Balaban J connectivity index is 2.02. The lowest BCUT2D eigenvalue weighted by Crippen LogP contribution is -2.09. The van der Waals surface area contributed by atoms with Crippen molar-refractivity contribution >= 4 is 5.97 Å². The van der Waals surface area contributed by atoms with Crippen LogP contribution in [0, 0.1) is 5.92 Å². The van der Waals surface area contributed by atoms with E-state index in [0.717, 1.165) is 0 Å². The van der Waals surface area contributed by atoms with Crippen LogP contribution in [-0.2, 0) is 0 Å². The number of pyridine rings is 1. The highest BCUT2D eigenvalue weighted by Crippen LogP contribution is 2.48. The van der Waals surface area contributed by atoms with Crippen molar-refractivity contribution in [3.8, 4) is 5.88 Å². The van der Waals surface area contributed by atoms with Gasteiger partial charge in [-0.05, 0) is 12.1 Å². The lowest BCUT2D eigenvalue weighted by Gasteiger charge is -2.06. The molecule has 4 nitrogen and oxygen atoms in total. The molecule has 16 heavy (non-hydrogen) atoms. The highest BCUT2D eigenvalue weighted by Gasteiger charge is 2.57. The van der Waals surface area contributed by atoms with Gasteiger partial charge in [0.2, 0.25) is 5.88 Å². The molecule has 86 valence electrons. The Morgan fingerprint density at radius 2 is 2.38 bits per heavy atom. The Kier molecular flexibility index (Phi) is 2.49. The van der Waals surface area contributed by atoms with E-state index >= 15 is 0 Å². The molecule has 1 aromatic heterocycles. The predicted octanol–water partition coefficient (Wildman–Crippen LogP) is 1.81. The van der Waals surface area contributed by atoms with Gasteiger partial charge in [-0.1, -0.05) is 0 Å². The molecule has 0 bridgehead atoms. The summed E-state index contributed by atoms with van der Waals surface area (Å²) in [4.78, 5) is 14.4. The van der Waals surface area contributed by atoms with Crippen molar-refractivity contribution in [1.82, 2.24) is 4.98 Å². The van der Waals surface area contributed by atoms with Gasteiger partial charge in [-0.15, -0.1) is 0 Å². The first-order valence-corrected chi connectivity index (χ1v) is 4.69. The van der Waals surface area contributed by atoms with Crippen LogP contribution >= 0.6 is 0 Å². The summed E-state index contributed by atoms with van der Waals surface area (Å²) >= 11 is 0. The monoisotopic (exact) mass is 229 g/mol. The average Bonchev–Trinajstić information content (AvgIpc) is 2.84. The van der Waals surface area contributed by atoms with Crippen LogP contribution in [0.15, 0.2) is 18.3 Å². The summed E-state index contributed by atoms with van der Waals surface area (Å²) < 4.78 is 30.1. The number of ether oxygens (including phenoxy) is 1. The molecule has 1 saturated carbocycles. The van der Waals surface area contributed by atoms with Gasteiger partial charge >= 0.3 is 5.97 Å². The molecule has 6 heteroatoms. The number of aromatic nitrogens is 1. The van der Waals surface area contributed by atoms with E-state index in [-0.39, 0.29) is 24.5 Å². The smallest absolute Gasteiger partial charge is 0.341 e. The van der Waals surface area contributed by atoms with Gasteiger partial charge in [0.1, 0.15) is 5.56 Å². The van der Waals surface area contributed by atoms with Crippen LogP contribution in [0.25, 0.3) is 0 Å². The van der Waals surface area contributed by atoms with E-state index in [1.54, 1.807) is 0 Å². The minimum Gasteiger partial charge on any atom is -0.477 e. The van der Waals surface area contributed by atoms with Crippen LogP contribution in [0.2, 0.25) is 0 Å². The van der Waals surface area contributed by atoms with Gasteiger partial charge in [0.15, 0.2) is 0 Å². The van der Waals surface area contributed by atoms with E-state index in [2.05, 4.69) is 4.98 Å². The van der Waals surface area contributed by atoms with E-state index in [4.69, 9.17) is 9.84 Å². The zero-order valence-corrected chi connectivity index (χ0v) is 8.19. The molecule has 1 aliphatic carbocycles. The zero-order chi connectivity index (χ0) is 11.8. The van der Waals surface area contributed by atoms with Crippen molar-refractivity contribution in [2.75, 3.05) is 6.61 Å². The van der Waals surface area contributed by atoms with Crippen LogP contribution in [0.4, 0.5) is 8.78 Å². The first kappa shape index (κ1) is 10.8. The lowest BCUT2D eigenvalue weighted by atomic mass is 10.3. The molecule has 0 radical (unpaired) electrons. The molecule has 0 unspecified atom stereocenters. The summed E-state index contributed by atoms with van der Waals surface area (Å²) in [5.41, 5.74) is -0.119. The number of alkyl halides is 2. The molecule has 1 N–H and O–H groups in total. The van der Waals surface area contributed by atoms with E-state index in [0.29, 0.717) is 0 Å². The average molecular weight is 229 g/mol. The summed E-state index contributed by atoms with van der Waals surface area (Å²) in [5, 5.41) is 8.78. The number of carboxylic acids is 1. The van der Waals surface area contributed by atoms with Gasteiger partial charge in [-0.3, -0.25) is 0 Å². The molecule has 1 fully saturated rings. The molecular formula is C10H9F2NO3. The summed E-state index contributed by atoms with van der Waals surface area (Å²) in [6, 6.07) is 2.76. The van der Waals surface area contributed by atoms with Gasteiger partial charge in [-0.25, -0.2) is 18.6 Å². The molecule has 0 amide bonds. The summed E-state index contributed by atoms with van der Waals surface area (Å²) in [6.07, 6.45) is 1.15. The van der Waals surface area contributed by atoms with E-state index in [1.165, 1.54) is 18.3 Å². The van der Waals surface area contributed by atoms with E-state index in [9.17, 15) is 13.6 Å². The third kappa shape index (κ3) is 2.10. The van der Waals surface area contributed by atoms with Crippen LogP contribution in [0.5, 0.6) is 5.88 Å². The standard InChI is InChI=1S/C10H9F2NO3/c11-10(12)4-6(10)5-16-8-7(9(14)15)2-1-3-13-8/h1-3,6H,4-5H2,(H,14,15)/t6-/m0/s1. The highest BCUT2D eigenvalue weighted by molar-refractivity contribution is 5.90. The van der Waals surface area contributed by atoms with Crippen molar-refractivity contribution in [2.45, 2.75) is 12.3 Å². The Bertz CT molecular complexity index is 422. The van der Waals surface area contributed by atoms with Gasteiger partial charge in [0, 0.05) is 12.6 Å². The van der Waals surface area contributed by atoms with E-state index < -0.39 is 17.8 Å². The van der Waals surface area contributed by atoms with Crippen LogP contribution in [-0.4, -0.2) is 28.6 Å². The molecule has 0 aromatic carbocycles. The lowest BCUT2D eigenvalue weighted by molar-refractivity contribution is 0.0687. The maximum absolute atomic E-state index is 12.5. The molecule has 0 aliphatic heterocycles. The third-order valence-corrected chi connectivity index (χ3v) is 2.38. The zero-order valence-electron chi connectivity index (χ0n) is 8.19. The number of halogens is 2. The third-order valence-electron chi connectivity index (χ3n) is 2.38. The fraction of sp³-hybridized carbons (Fsp3) is 0.400. The quantitative estimate of drug-likeness (QED) is 0.855. The molecule has 0 saturated heterocycles. The Labute approximate surface area is 89.9 Å². The second-order valence-corrected chi connectivity index (χ2v) is 3.63. The van der Waals surface area contributed by atoms with Gasteiger partial charge < -0.3 is 9.84 Å². The number of aromatic carboxylic acids is 1. The van der Waals surface area contributed by atoms with Gasteiger partial charge in [0.25, 0.3) is 5.92 Å². The summed E-state index contributed by atoms with van der Waals surface area (Å²) in [5.74, 6) is -4.79. The number of hydrogen-bond donors (Lipinski definition) is 1. The minimum absolute atomic E-state index is 0.113. The summed E-state index contributed by atoms with van der Waals surface area (Å²) in [7, 11) is 0. The minimum atomic E-state index is -2.67. The predicted molar refractivity (Wildman–Crippen MR) is 49.7 cm³/mol. The Morgan fingerprint density at radius 3 is 2.94 bits per heavy atom. The number of carbonyl (C=O) groups is 1. The maximum Gasteiger partial charge on any atom is 0.341 e. The second-order valence-electron chi connectivity index (χ2n) is 3.63. The fourth-order valence-corrected chi connectivity index (χ4v) is 1.30. The van der Waals surface area contributed by atoms with E-state index in [1.807, 2.05) is 0 Å². The molecule has 1 aliphatic rings. The highest BCUT2D eigenvalue weighted by atomic mass is 19.3. The van der Waals surface area contributed by atoms with Crippen molar-refractivity contribution in [2.24, 2.45) is 5.92 Å². The molecule has 1 aromatic rings. The Hall–Kier alpha value is -1.72. The topological polar surface area (TPSA) is 59.4 Å². The molecule has 1 heterocycles. The van der Waals surface area contributed by atoms with Crippen LogP contribution in [0.3, 0.4) is 0 Å². The fourth-order valence-electron chi connectivity index (χ4n) is 1.30. The van der Waals surface area contributed by atoms with Crippen LogP contribution < -0.4 is 4.74 Å². The van der Waals surface area contributed by atoms with Crippen LogP contribution in [0.1, 0.15) is 16.8 Å². The normalized spacial score (nSPS) is 21.5. The SMILES string of the molecule is O=C(O)c1cccnc1OC[C@@H]1CC1(F)F. The van der Waals surface area contributed by atoms with Gasteiger partial charge in [0.05, 0.1) is 12.5 Å². The molecule has 2 rings (SSSR count). The van der Waals surface area contributed by atoms with Crippen molar-refractivity contribution in [3.63, 3.8) is 0 Å². The number of rotatable bonds is 4. The molecule has 0 spiro atoms. The van der Waals surface area contributed by atoms with Crippen molar-refractivity contribution in [3.05, 3.63) is 23.9 Å². The summed E-state index contributed by atoms with van der Waals surface area (Å²) in [6.45, 7) is -0.204. The first-order valence-electron chi connectivity index (χ1n) is 4.69. The second kappa shape index (κ2) is 3.70. The van der Waals surface area contributed by atoms with Crippen molar-refractivity contribution < 1.29 is 23.4 Å². The number of hydrogen-bond acceptors (Lipinski definition) is 3. The van der Waals surface area contributed by atoms with Crippen molar-refractivity contribution in [1.29, 1.82) is 0 Å². The largest absolute Gasteiger partial charge is 0.477 e. The maximum atomic E-state index is 12.5. The Morgan fingerprint density at radius 1 is 1.69 bits per heavy atom. The number of carboxylic acid groups (broad SMARTS) is 1. The van der Waals surface area contributed by atoms with Gasteiger partial charge in [-0.2, -0.15) is 0 Å². The number of nitrogens with zero attached hydrogens (tertiary/aromatic N) is 1. The first-order chi connectivity index (χ1) is 7.50. The molecule has 1 atom stereocenters. The molecular weight excluding hydrogens is 220 g/mol.